The van der Waals surface area contributed by atoms with E-state index in [1.165, 1.54) is 0 Å². The number of benzene rings is 1. The van der Waals surface area contributed by atoms with Gasteiger partial charge in [-0.3, -0.25) is 9.98 Å². The number of halogens is 1. The summed E-state index contributed by atoms with van der Waals surface area (Å²) >= 11 is 5.31. The summed E-state index contributed by atoms with van der Waals surface area (Å²) in [5.41, 5.74) is 2.98. The summed E-state index contributed by atoms with van der Waals surface area (Å²) in [4.78, 5) is 11.9. The van der Waals surface area contributed by atoms with E-state index < -0.39 is 0 Å². The monoisotopic (exact) mass is 417 g/mol. The molecule has 3 heterocycles. The Hall–Kier alpha value is -1.53. The number of amidine groups is 1. The zero-order chi connectivity index (χ0) is 17.6. The molecule has 3 atom stereocenters. The zero-order valence-electron chi connectivity index (χ0n) is 14.2. The smallest absolute Gasteiger partial charge is 0.160 e. The number of hydrogen-bond donors (Lipinski definition) is 1. The molecule has 4 nitrogen and oxygen atoms in total. The van der Waals surface area contributed by atoms with Crippen molar-refractivity contribution >= 4 is 32.9 Å². The lowest BCUT2D eigenvalue weighted by molar-refractivity contribution is 0.250. The van der Waals surface area contributed by atoms with Crippen molar-refractivity contribution in [1.29, 1.82) is 0 Å². The third kappa shape index (κ3) is 2.85. The largest absolute Gasteiger partial charge is 0.506 e. The Labute approximate surface area is 160 Å². The topological polar surface area (TPSA) is 48.7 Å². The van der Waals surface area contributed by atoms with Crippen molar-refractivity contribution in [1.82, 2.24) is 9.88 Å². The molecule has 6 heteroatoms. The zero-order valence-corrected chi connectivity index (χ0v) is 16.6. The van der Waals surface area contributed by atoms with Crippen LogP contribution in [0.15, 0.2) is 46.0 Å². The molecule has 130 valence electrons. The van der Waals surface area contributed by atoms with Crippen LogP contribution in [0.1, 0.15) is 42.2 Å². The standard InChI is InChI=1S/C19H20BrN3OS/c1-3-12-10-25-19-22-16(15-6-4-5-7-21-15)17(23(12)19)13-8-11(2)9-14(20)18(13)24/h4-9,12,16-17,24H,3,10H2,1-2H3/t12-,16-,17-/m1/s1. The third-order valence-electron chi connectivity index (χ3n) is 4.89. The normalized spacial score (nSPS) is 25.2. The Morgan fingerprint density at radius 3 is 2.92 bits per heavy atom. The first kappa shape index (κ1) is 16.9. The molecule has 2 aliphatic heterocycles. The fourth-order valence-corrected chi connectivity index (χ4v) is 5.60. The predicted octanol–water partition coefficient (Wildman–Crippen LogP) is 4.84. The van der Waals surface area contributed by atoms with E-state index in [1.807, 2.05) is 42.2 Å². The summed E-state index contributed by atoms with van der Waals surface area (Å²) in [5, 5.41) is 11.8. The molecule has 1 fully saturated rings. The van der Waals surface area contributed by atoms with E-state index in [1.54, 1.807) is 0 Å². The van der Waals surface area contributed by atoms with Gasteiger partial charge in [-0.25, -0.2) is 0 Å². The Bertz CT molecular complexity index is 827. The fourth-order valence-electron chi connectivity index (χ4n) is 3.67. The highest BCUT2D eigenvalue weighted by atomic mass is 79.9. The van der Waals surface area contributed by atoms with E-state index >= 15 is 0 Å². The summed E-state index contributed by atoms with van der Waals surface area (Å²) in [5.74, 6) is 1.36. The molecule has 1 aromatic carbocycles. The first-order valence-corrected chi connectivity index (χ1v) is 10.3. The lowest BCUT2D eigenvalue weighted by atomic mass is 9.93. The highest BCUT2D eigenvalue weighted by Crippen LogP contribution is 2.51. The fraction of sp³-hybridized carbons (Fsp3) is 0.368. The van der Waals surface area contributed by atoms with E-state index in [-0.39, 0.29) is 12.1 Å². The Kier molecular flexibility index (Phi) is 4.50. The van der Waals surface area contributed by atoms with Crippen LogP contribution in [0.3, 0.4) is 0 Å². The van der Waals surface area contributed by atoms with Gasteiger partial charge >= 0.3 is 0 Å². The maximum Gasteiger partial charge on any atom is 0.160 e. The number of aromatic nitrogens is 1. The number of hydrogen-bond acceptors (Lipinski definition) is 5. The van der Waals surface area contributed by atoms with Crippen LogP contribution >= 0.6 is 27.7 Å². The number of nitrogens with zero attached hydrogens (tertiary/aromatic N) is 3. The minimum Gasteiger partial charge on any atom is -0.506 e. The molecule has 0 radical (unpaired) electrons. The van der Waals surface area contributed by atoms with Crippen LogP contribution in [-0.4, -0.2) is 32.0 Å². The number of pyridine rings is 1. The van der Waals surface area contributed by atoms with E-state index in [9.17, 15) is 5.11 Å². The van der Waals surface area contributed by atoms with Crippen LogP contribution in [0, 0.1) is 6.92 Å². The third-order valence-corrected chi connectivity index (χ3v) is 6.62. The van der Waals surface area contributed by atoms with Crippen molar-refractivity contribution in [3.63, 3.8) is 0 Å². The van der Waals surface area contributed by atoms with Gasteiger partial charge in [-0.1, -0.05) is 30.8 Å². The average molecular weight is 418 g/mol. The quantitative estimate of drug-likeness (QED) is 0.775. The summed E-state index contributed by atoms with van der Waals surface area (Å²) in [7, 11) is 0. The highest BCUT2D eigenvalue weighted by molar-refractivity contribution is 9.10. The minimum absolute atomic E-state index is 0.0268. The van der Waals surface area contributed by atoms with Crippen LogP contribution < -0.4 is 0 Å². The second-order valence-electron chi connectivity index (χ2n) is 6.52. The SMILES string of the molecule is CC[C@@H]1CSC2=N[C@H](c3ccccn3)[C@@H](c3cc(C)cc(Br)c3O)N21. The van der Waals surface area contributed by atoms with Crippen LogP contribution in [0.5, 0.6) is 5.75 Å². The maximum absolute atomic E-state index is 10.8. The van der Waals surface area contributed by atoms with Crippen molar-refractivity contribution in [3.8, 4) is 5.75 Å². The number of thioether (sulfide) groups is 1. The molecule has 0 spiro atoms. The number of aryl methyl sites for hydroxylation is 1. The van der Waals surface area contributed by atoms with E-state index in [4.69, 9.17) is 4.99 Å². The van der Waals surface area contributed by atoms with E-state index in [2.05, 4.69) is 45.7 Å². The average Bonchev–Trinajstić information content (AvgIpc) is 3.17. The molecule has 0 unspecified atom stereocenters. The summed E-state index contributed by atoms with van der Waals surface area (Å²) in [6.45, 7) is 4.27. The summed E-state index contributed by atoms with van der Waals surface area (Å²) < 4.78 is 0.732. The molecular formula is C19H20BrN3OS. The molecule has 0 bridgehead atoms. The molecule has 0 aliphatic carbocycles. The molecule has 1 aromatic heterocycles. The Morgan fingerprint density at radius 1 is 1.36 bits per heavy atom. The van der Waals surface area contributed by atoms with Crippen molar-refractivity contribution in [2.75, 3.05) is 5.75 Å². The second kappa shape index (κ2) is 6.65. The molecule has 2 aromatic rings. The molecular weight excluding hydrogens is 398 g/mol. The van der Waals surface area contributed by atoms with Gasteiger partial charge in [0.25, 0.3) is 0 Å². The van der Waals surface area contributed by atoms with Gasteiger partial charge in [0, 0.05) is 23.6 Å². The first-order valence-electron chi connectivity index (χ1n) is 8.49. The van der Waals surface area contributed by atoms with Crippen LogP contribution in [0.2, 0.25) is 0 Å². The molecule has 1 saturated heterocycles. The van der Waals surface area contributed by atoms with Gasteiger partial charge < -0.3 is 10.0 Å². The van der Waals surface area contributed by atoms with Crippen LogP contribution in [0.25, 0.3) is 0 Å². The Balaban J connectivity index is 1.86. The number of phenols is 1. The van der Waals surface area contributed by atoms with Gasteiger partial charge in [-0.2, -0.15) is 0 Å². The number of aromatic hydroxyl groups is 1. The van der Waals surface area contributed by atoms with Crippen LogP contribution in [-0.2, 0) is 0 Å². The van der Waals surface area contributed by atoms with Crippen LogP contribution in [0.4, 0.5) is 0 Å². The molecule has 25 heavy (non-hydrogen) atoms. The van der Waals surface area contributed by atoms with Gasteiger partial charge in [0.2, 0.25) is 0 Å². The number of phenolic OH excluding ortho intramolecular Hbond substituents is 1. The van der Waals surface area contributed by atoms with E-state index in [0.29, 0.717) is 11.8 Å². The molecule has 0 saturated carbocycles. The van der Waals surface area contributed by atoms with Gasteiger partial charge in [-0.15, -0.1) is 0 Å². The van der Waals surface area contributed by atoms with Crippen molar-refractivity contribution in [2.45, 2.75) is 38.4 Å². The van der Waals surface area contributed by atoms with Crippen molar-refractivity contribution in [2.24, 2.45) is 4.99 Å². The Morgan fingerprint density at radius 2 is 2.20 bits per heavy atom. The molecule has 4 rings (SSSR count). The van der Waals surface area contributed by atoms with Crippen molar-refractivity contribution < 1.29 is 5.11 Å². The van der Waals surface area contributed by atoms with Gasteiger partial charge in [0.1, 0.15) is 11.8 Å². The highest BCUT2D eigenvalue weighted by Gasteiger charge is 2.46. The number of aliphatic imine (C=N–C) groups is 1. The molecule has 1 N–H and O–H groups in total. The lowest BCUT2D eigenvalue weighted by Crippen LogP contribution is -2.35. The predicted molar refractivity (Wildman–Crippen MR) is 106 cm³/mol. The number of fused-ring (bicyclic) bond motifs is 1. The number of rotatable bonds is 3. The van der Waals surface area contributed by atoms with Gasteiger partial charge in [0.05, 0.1) is 16.2 Å². The van der Waals surface area contributed by atoms with Gasteiger partial charge in [-0.05, 0) is 53.0 Å². The molecule has 0 amide bonds. The maximum atomic E-state index is 10.8. The van der Waals surface area contributed by atoms with Crippen molar-refractivity contribution in [3.05, 3.63) is 57.8 Å². The summed E-state index contributed by atoms with van der Waals surface area (Å²) in [6.07, 6.45) is 2.87. The second-order valence-corrected chi connectivity index (χ2v) is 8.36. The summed E-state index contributed by atoms with van der Waals surface area (Å²) in [6, 6.07) is 10.3. The minimum atomic E-state index is -0.0994. The van der Waals surface area contributed by atoms with E-state index in [0.717, 1.165) is 38.6 Å². The van der Waals surface area contributed by atoms with Gasteiger partial charge in [0.15, 0.2) is 5.17 Å². The first-order chi connectivity index (χ1) is 12.1. The molecule has 2 aliphatic rings. The lowest BCUT2D eigenvalue weighted by Gasteiger charge is -2.32.